The molecule has 28 heavy (non-hydrogen) atoms. The molecule has 0 saturated carbocycles. The highest BCUT2D eigenvalue weighted by Crippen LogP contribution is 2.33. The molecule has 0 atom stereocenters. The number of aryl methyl sites for hydroxylation is 1. The molecule has 140 valence electrons. The Labute approximate surface area is 171 Å². The lowest BCUT2D eigenvalue weighted by Crippen LogP contribution is -2.20. The second-order valence-corrected chi connectivity index (χ2v) is 7.77. The molecule has 0 spiro atoms. The van der Waals surface area contributed by atoms with Crippen molar-refractivity contribution >= 4 is 44.7 Å². The third-order valence-electron chi connectivity index (χ3n) is 4.17. The lowest BCUT2D eigenvalue weighted by Gasteiger charge is -2.10. The number of amides is 1. The molecule has 1 heterocycles. The van der Waals surface area contributed by atoms with Crippen molar-refractivity contribution in [3.8, 4) is 16.3 Å². The molecule has 0 aliphatic carbocycles. The number of hydrogen-bond acceptors (Lipinski definition) is 4. The predicted molar refractivity (Wildman–Crippen MR) is 115 cm³/mol. The highest BCUT2D eigenvalue weighted by atomic mass is 35.5. The first-order valence-electron chi connectivity index (χ1n) is 8.73. The van der Waals surface area contributed by atoms with Crippen LogP contribution < -0.4 is 10.1 Å². The number of thiazole rings is 1. The van der Waals surface area contributed by atoms with E-state index in [1.54, 1.807) is 17.4 Å². The molecular weight excluding hydrogens is 392 g/mol. The number of rotatable bonds is 5. The number of benzene rings is 3. The third kappa shape index (κ3) is 4.16. The molecule has 6 heteroatoms. The Bertz CT molecular complexity index is 1110. The fraction of sp³-hybridized carbons (Fsp3) is 0.0909. The van der Waals surface area contributed by atoms with Gasteiger partial charge in [-0.2, -0.15) is 0 Å². The fourth-order valence-corrected chi connectivity index (χ4v) is 3.85. The van der Waals surface area contributed by atoms with Crippen LogP contribution in [0.3, 0.4) is 0 Å². The number of nitrogens with one attached hydrogen (secondary N) is 1. The van der Waals surface area contributed by atoms with Crippen molar-refractivity contribution in [1.29, 1.82) is 0 Å². The maximum absolute atomic E-state index is 12.3. The van der Waals surface area contributed by atoms with Crippen molar-refractivity contribution in [3.05, 3.63) is 77.3 Å². The topological polar surface area (TPSA) is 51.2 Å². The molecule has 3 aromatic carbocycles. The van der Waals surface area contributed by atoms with Gasteiger partial charge < -0.3 is 10.1 Å². The van der Waals surface area contributed by atoms with Crippen molar-refractivity contribution < 1.29 is 9.53 Å². The second-order valence-electron chi connectivity index (χ2n) is 6.33. The van der Waals surface area contributed by atoms with E-state index in [1.807, 2.05) is 67.6 Å². The summed E-state index contributed by atoms with van der Waals surface area (Å²) in [5.41, 5.74) is 3.53. The normalized spacial score (nSPS) is 10.8. The van der Waals surface area contributed by atoms with E-state index in [0.717, 1.165) is 26.4 Å². The average Bonchev–Trinajstić information content (AvgIpc) is 3.13. The van der Waals surface area contributed by atoms with Gasteiger partial charge in [0.15, 0.2) is 6.61 Å². The number of hydrogen-bond donors (Lipinski definition) is 1. The van der Waals surface area contributed by atoms with Crippen molar-refractivity contribution in [2.45, 2.75) is 6.92 Å². The number of carbonyl (C=O) groups excluding carboxylic acids is 1. The first-order valence-corrected chi connectivity index (χ1v) is 9.93. The molecule has 1 amide bonds. The molecule has 4 nitrogen and oxygen atoms in total. The van der Waals surface area contributed by atoms with Gasteiger partial charge in [0.25, 0.3) is 5.91 Å². The molecule has 0 saturated heterocycles. The summed E-state index contributed by atoms with van der Waals surface area (Å²) in [5.74, 6) is 0.374. The largest absolute Gasteiger partial charge is 0.484 e. The Kier molecular flexibility index (Phi) is 5.28. The Morgan fingerprint density at radius 2 is 1.89 bits per heavy atom. The fourth-order valence-electron chi connectivity index (χ4n) is 2.72. The maximum Gasteiger partial charge on any atom is 0.262 e. The number of ether oxygens (including phenoxy) is 1. The SMILES string of the molecule is Cc1ccc(OCC(=O)Nc2cc(-c3nc4ccccc4s3)ccc2Cl)cc1. The Morgan fingerprint density at radius 1 is 1.11 bits per heavy atom. The van der Waals surface area contributed by atoms with E-state index in [1.165, 1.54) is 0 Å². The zero-order valence-corrected chi connectivity index (χ0v) is 16.7. The average molecular weight is 409 g/mol. The van der Waals surface area contributed by atoms with Crippen LogP contribution in [0.5, 0.6) is 5.75 Å². The summed E-state index contributed by atoms with van der Waals surface area (Å²) in [4.78, 5) is 16.9. The predicted octanol–water partition coefficient (Wildman–Crippen LogP) is 5.94. The van der Waals surface area contributed by atoms with Crippen molar-refractivity contribution in [3.63, 3.8) is 0 Å². The number of aromatic nitrogens is 1. The number of fused-ring (bicyclic) bond motifs is 1. The monoisotopic (exact) mass is 408 g/mol. The first-order chi connectivity index (χ1) is 13.6. The van der Waals surface area contributed by atoms with E-state index in [4.69, 9.17) is 16.3 Å². The smallest absolute Gasteiger partial charge is 0.262 e. The van der Waals surface area contributed by atoms with Crippen LogP contribution in [-0.4, -0.2) is 17.5 Å². The van der Waals surface area contributed by atoms with Gasteiger partial charge in [0.05, 0.1) is 20.9 Å². The van der Waals surface area contributed by atoms with Crippen molar-refractivity contribution in [1.82, 2.24) is 4.98 Å². The van der Waals surface area contributed by atoms with Gasteiger partial charge in [-0.1, -0.05) is 47.5 Å². The zero-order chi connectivity index (χ0) is 19.5. The van der Waals surface area contributed by atoms with Crippen molar-refractivity contribution in [2.24, 2.45) is 0 Å². The summed E-state index contributed by atoms with van der Waals surface area (Å²) in [6.07, 6.45) is 0. The van der Waals surface area contributed by atoms with Gasteiger partial charge in [-0.25, -0.2) is 4.98 Å². The molecule has 0 unspecified atom stereocenters. The van der Waals surface area contributed by atoms with E-state index in [9.17, 15) is 4.79 Å². The minimum absolute atomic E-state index is 0.0925. The minimum Gasteiger partial charge on any atom is -0.484 e. The van der Waals surface area contributed by atoms with Crippen LogP contribution >= 0.6 is 22.9 Å². The molecule has 0 aliphatic rings. The third-order valence-corrected chi connectivity index (χ3v) is 5.59. The summed E-state index contributed by atoms with van der Waals surface area (Å²) in [7, 11) is 0. The van der Waals surface area contributed by atoms with E-state index in [0.29, 0.717) is 16.5 Å². The van der Waals surface area contributed by atoms with Crippen LogP contribution in [0.25, 0.3) is 20.8 Å². The van der Waals surface area contributed by atoms with Crippen LogP contribution in [-0.2, 0) is 4.79 Å². The summed E-state index contributed by atoms with van der Waals surface area (Å²) in [5, 5.41) is 4.16. The lowest BCUT2D eigenvalue weighted by atomic mass is 10.2. The standard InChI is InChI=1S/C22H17ClN2O2S/c1-14-6-9-16(10-7-14)27-13-21(26)24-19-12-15(8-11-17(19)23)22-25-18-4-2-3-5-20(18)28-22/h2-12H,13H2,1H3,(H,24,26). The van der Waals surface area contributed by atoms with Crippen molar-refractivity contribution in [2.75, 3.05) is 11.9 Å². The zero-order valence-electron chi connectivity index (χ0n) is 15.1. The Balaban J connectivity index is 1.49. The van der Waals surface area contributed by atoms with Crippen LogP contribution in [0.1, 0.15) is 5.56 Å². The van der Waals surface area contributed by atoms with Gasteiger partial charge in [-0.3, -0.25) is 4.79 Å². The van der Waals surface area contributed by atoms with Gasteiger partial charge in [-0.05, 0) is 43.3 Å². The quantitative estimate of drug-likeness (QED) is 0.444. The molecule has 0 bridgehead atoms. The van der Waals surface area contributed by atoms with Gasteiger partial charge in [-0.15, -0.1) is 11.3 Å². The summed E-state index contributed by atoms with van der Waals surface area (Å²) < 4.78 is 6.64. The van der Waals surface area contributed by atoms with Gasteiger partial charge in [0.1, 0.15) is 10.8 Å². The summed E-state index contributed by atoms with van der Waals surface area (Å²) >= 11 is 7.87. The molecule has 0 radical (unpaired) electrons. The van der Waals surface area contributed by atoms with E-state index in [2.05, 4.69) is 10.3 Å². The number of halogens is 1. The number of carbonyl (C=O) groups is 1. The Morgan fingerprint density at radius 3 is 2.68 bits per heavy atom. The van der Waals surface area contributed by atoms with Crippen LogP contribution in [0, 0.1) is 6.92 Å². The summed E-state index contributed by atoms with van der Waals surface area (Å²) in [6, 6.07) is 21.0. The van der Waals surface area contributed by atoms with Crippen LogP contribution in [0.15, 0.2) is 66.7 Å². The van der Waals surface area contributed by atoms with E-state index >= 15 is 0 Å². The van der Waals surface area contributed by atoms with Gasteiger partial charge in [0, 0.05) is 5.56 Å². The Hall–Kier alpha value is -2.89. The molecule has 1 N–H and O–H groups in total. The molecule has 4 aromatic rings. The minimum atomic E-state index is -0.274. The molecule has 4 rings (SSSR count). The van der Waals surface area contributed by atoms with Crippen LogP contribution in [0.2, 0.25) is 5.02 Å². The highest BCUT2D eigenvalue weighted by Gasteiger charge is 2.11. The van der Waals surface area contributed by atoms with Gasteiger partial charge >= 0.3 is 0 Å². The lowest BCUT2D eigenvalue weighted by molar-refractivity contribution is -0.118. The van der Waals surface area contributed by atoms with Crippen LogP contribution in [0.4, 0.5) is 5.69 Å². The van der Waals surface area contributed by atoms with Gasteiger partial charge in [0.2, 0.25) is 0 Å². The van der Waals surface area contributed by atoms with E-state index in [-0.39, 0.29) is 12.5 Å². The number of anilines is 1. The molecule has 0 aliphatic heterocycles. The first kappa shape index (κ1) is 18.5. The molecular formula is C22H17ClN2O2S. The number of nitrogens with zero attached hydrogens (tertiary/aromatic N) is 1. The number of para-hydroxylation sites is 1. The summed E-state index contributed by atoms with van der Waals surface area (Å²) in [6.45, 7) is 1.90. The highest BCUT2D eigenvalue weighted by molar-refractivity contribution is 7.21. The second kappa shape index (κ2) is 8.00. The maximum atomic E-state index is 12.3. The van der Waals surface area contributed by atoms with E-state index < -0.39 is 0 Å². The molecule has 0 fully saturated rings. The molecule has 1 aromatic heterocycles.